The fourth-order valence-electron chi connectivity index (χ4n) is 2.30. The van der Waals surface area contributed by atoms with E-state index in [1.807, 2.05) is 42.5 Å². The highest BCUT2D eigenvalue weighted by Crippen LogP contribution is 2.39. The van der Waals surface area contributed by atoms with Gasteiger partial charge in [-0.25, -0.2) is 9.78 Å². The summed E-state index contributed by atoms with van der Waals surface area (Å²) in [4.78, 5) is 21.2. The molecule has 0 bridgehead atoms. The maximum atomic E-state index is 11.4. The van der Waals surface area contributed by atoms with Crippen LogP contribution in [0.5, 0.6) is 5.88 Å². The van der Waals surface area contributed by atoms with Gasteiger partial charge in [0.05, 0.1) is 18.1 Å². The van der Waals surface area contributed by atoms with E-state index in [1.165, 1.54) is 0 Å². The predicted molar refractivity (Wildman–Crippen MR) is 107 cm³/mol. The molecule has 6 heteroatoms. The molecule has 0 aliphatic rings. The Balaban J connectivity index is 1.72. The first kappa shape index (κ1) is 18.8. The minimum atomic E-state index is -0.382. The Morgan fingerprint density at radius 2 is 1.89 bits per heavy atom. The van der Waals surface area contributed by atoms with Crippen molar-refractivity contribution < 1.29 is 14.3 Å². The Labute approximate surface area is 162 Å². The topological polar surface area (TPSA) is 61.3 Å². The lowest BCUT2D eigenvalue weighted by Gasteiger charge is -2.07. The third-order valence-electron chi connectivity index (χ3n) is 3.65. The minimum Gasteiger partial charge on any atom is -0.476 e. The molecule has 0 N–H and O–H groups in total. The van der Waals surface area contributed by atoms with Crippen molar-refractivity contribution in [2.24, 2.45) is 0 Å². The summed E-state index contributed by atoms with van der Waals surface area (Å²) in [5.41, 5.74) is 2.39. The maximum absolute atomic E-state index is 11.4. The van der Waals surface area contributed by atoms with Gasteiger partial charge in [-0.15, -0.1) is 11.3 Å². The van der Waals surface area contributed by atoms with Gasteiger partial charge in [-0.05, 0) is 24.6 Å². The number of carbonyl (C=O) groups excluding carboxylic acids is 1. The van der Waals surface area contributed by atoms with Gasteiger partial charge < -0.3 is 9.47 Å². The second-order valence-electron chi connectivity index (χ2n) is 5.88. The van der Waals surface area contributed by atoms with E-state index in [1.54, 1.807) is 30.7 Å². The van der Waals surface area contributed by atoms with Crippen LogP contribution in [0.2, 0.25) is 0 Å². The van der Waals surface area contributed by atoms with Crippen molar-refractivity contribution >= 4 is 17.3 Å². The van der Waals surface area contributed by atoms with Crippen LogP contribution >= 0.6 is 11.3 Å². The Morgan fingerprint density at radius 1 is 1.11 bits per heavy atom. The van der Waals surface area contributed by atoms with Crippen molar-refractivity contribution in [1.29, 1.82) is 0 Å². The summed E-state index contributed by atoms with van der Waals surface area (Å²) in [5.74, 6) is 0.198. The van der Waals surface area contributed by atoms with Crippen LogP contribution in [0.15, 0.2) is 67.0 Å². The maximum Gasteiger partial charge on any atom is 0.333 e. The lowest BCUT2D eigenvalue weighted by Crippen LogP contribution is -2.09. The van der Waals surface area contributed by atoms with Gasteiger partial charge >= 0.3 is 5.97 Å². The number of ether oxygens (including phenoxy) is 2. The van der Waals surface area contributed by atoms with E-state index in [9.17, 15) is 4.79 Å². The molecule has 2 aromatic heterocycles. The number of rotatable bonds is 8. The smallest absolute Gasteiger partial charge is 0.333 e. The highest BCUT2D eigenvalue weighted by molar-refractivity contribution is 7.18. The Kier molecular flexibility index (Phi) is 6.33. The van der Waals surface area contributed by atoms with E-state index in [0.29, 0.717) is 24.5 Å². The van der Waals surface area contributed by atoms with Crippen molar-refractivity contribution in [2.45, 2.75) is 13.3 Å². The second-order valence-corrected chi connectivity index (χ2v) is 6.88. The van der Waals surface area contributed by atoms with Gasteiger partial charge in [0.25, 0.3) is 0 Å². The number of pyridine rings is 1. The van der Waals surface area contributed by atoms with E-state index in [0.717, 1.165) is 21.0 Å². The zero-order valence-electron chi connectivity index (χ0n) is 15.1. The summed E-state index contributed by atoms with van der Waals surface area (Å²) >= 11 is 1.57. The molecular formula is C21H20N2O3S. The normalized spacial score (nSPS) is 10.4. The van der Waals surface area contributed by atoms with Gasteiger partial charge in [0, 0.05) is 30.0 Å². The van der Waals surface area contributed by atoms with Crippen LogP contribution in [0, 0.1) is 0 Å². The largest absolute Gasteiger partial charge is 0.476 e. The van der Waals surface area contributed by atoms with Gasteiger partial charge in [0.1, 0.15) is 5.01 Å². The molecule has 0 atom stereocenters. The highest BCUT2D eigenvalue weighted by atomic mass is 32.1. The zero-order chi connectivity index (χ0) is 19.1. The number of nitrogens with zero attached hydrogens (tertiary/aromatic N) is 2. The van der Waals surface area contributed by atoms with Crippen LogP contribution < -0.4 is 4.74 Å². The first-order valence-electron chi connectivity index (χ1n) is 8.57. The average molecular weight is 380 g/mol. The molecule has 3 rings (SSSR count). The Hall–Kier alpha value is -2.99. The highest BCUT2D eigenvalue weighted by Gasteiger charge is 2.16. The van der Waals surface area contributed by atoms with Gasteiger partial charge in [-0.2, -0.15) is 0 Å². The quantitative estimate of drug-likeness (QED) is 0.320. The number of hydrogen-bond acceptors (Lipinski definition) is 6. The first-order valence-corrected chi connectivity index (χ1v) is 9.39. The minimum absolute atomic E-state index is 0.284. The molecule has 0 unspecified atom stereocenters. The van der Waals surface area contributed by atoms with Crippen molar-refractivity contribution in [1.82, 2.24) is 9.97 Å². The molecule has 0 saturated heterocycles. The lowest BCUT2D eigenvalue weighted by molar-refractivity contribution is -0.139. The van der Waals surface area contributed by atoms with Gasteiger partial charge in [-0.3, -0.25) is 4.98 Å². The van der Waals surface area contributed by atoms with Crippen molar-refractivity contribution in [3.8, 4) is 26.9 Å². The third-order valence-corrected chi connectivity index (χ3v) is 4.78. The Bertz CT molecular complexity index is 908. The SMILES string of the molecule is C=C(C)C(=O)OCCCOc1nc(-c2cccnc2)sc1-c1ccccc1. The molecule has 0 spiro atoms. The van der Waals surface area contributed by atoms with E-state index >= 15 is 0 Å². The summed E-state index contributed by atoms with van der Waals surface area (Å²) < 4.78 is 11.0. The van der Waals surface area contributed by atoms with E-state index in [2.05, 4.69) is 16.5 Å². The zero-order valence-corrected chi connectivity index (χ0v) is 15.9. The summed E-state index contributed by atoms with van der Waals surface area (Å²) in [6, 6.07) is 13.9. The first-order chi connectivity index (χ1) is 13.1. The fourth-order valence-corrected chi connectivity index (χ4v) is 3.31. The third kappa shape index (κ3) is 5.01. The summed E-state index contributed by atoms with van der Waals surface area (Å²) in [6.07, 6.45) is 4.10. The predicted octanol–water partition coefficient (Wildman–Crippen LogP) is 4.76. The van der Waals surface area contributed by atoms with Crippen LogP contribution in [-0.2, 0) is 9.53 Å². The standard InChI is InChI=1S/C21H20N2O3S/c1-15(2)21(24)26-13-7-12-25-19-18(16-8-4-3-5-9-16)27-20(23-19)17-10-6-11-22-14-17/h3-6,8-11,14H,1,7,12-13H2,2H3. The van der Waals surface area contributed by atoms with Crippen LogP contribution in [0.25, 0.3) is 21.0 Å². The van der Waals surface area contributed by atoms with Crippen molar-refractivity contribution in [3.63, 3.8) is 0 Å². The molecule has 0 aliphatic heterocycles. The van der Waals surface area contributed by atoms with Crippen LogP contribution in [0.3, 0.4) is 0 Å². The second kappa shape index (κ2) is 9.09. The molecule has 5 nitrogen and oxygen atoms in total. The van der Waals surface area contributed by atoms with E-state index in [4.69, 9.17) is 9.47 Å². The molecule has 0 aliphatic carbocycles. The fraction of sp³-hybridized carbons (Fsp3) is 0.190. The van der Waals surface area contributed by atoms with Gasteiger partial charge in [-0.1, -0.05) is 36.9 Å². The average Bonchev–Trinajstić information content (AvgIpc) is 3.13. The number of aromatic nitrogens is 2. The monoisotopic (exact) mass is 380 g/mol. The number of esters is 1. The molecule has 0 saturated carbocycles. The molecule has 27 heavy (non-hydrogen) atoms. The Morgan fingerprint density at radius 3 is 2.59 bits per heavy atom. The van der Waals surface area contributed by atoms with Crippen LogP contribution in [-0.4, -0.2) is 29.2 Å². The molecular weight excluding hydrogens is 360 g/mol. The van der Waals surface area contributed by atoms with Crippen molar-refractivity contribution in [3.05, 3.63) is 67.0 Å². The van der Waals surface area contributed by atoms with Crippen molar-refractivity contribution in [2.75, 3.05) is 13.2 Å². The van der Waals surface area contributed by atoms with Crippen LogP contribution in [0.4, 0.5) is 0 Å². The molecule has 3 aromatic rings. The number of benzene rings is 1. The molecule has 0 fully saturated rings. The van der Waals surface area contributed by atoms with E-state index in [-0.39, 0.29) is 12.6 Å². The van der Waals surface area contributed by atoms with E-state index < -0.39 is 0 Å². The lowest BCUT2D eigenvalue weighted by atomic mass is 10.2. The molecule has 0 amide bonds. The van der Waals surface area contributed by atoms with Crippen LogP contribution in [0.1, 0.15) is 13.3 Å². The van der Waals surface area contributed by atoms with Gasteiger partial charge in [0.2, 0.25) is 5.88 Å². The number of hydrogen-bond donors (Lipinski definition) is 0. The summed E-state index contributed by atoms with van der Waals surface area (Å²) in [6.45, 7) is 5.87. The molecule has 1 aromatic carbocycles. The summed E-state index contributed by atoms with van der Waals surface area (Å²) in [5, 5.41) is 0.852. The number of thiazole rings is 1. The molecule has 0 radical (unpaired) electrons. The molecule has 2 heterocycles. The van der Waals surface area contributed by atoms with Gasteiger partial charge in [0.15, 0.2) is 0 Å². The number of carbonyl (C=O) groups is 1. The molecule has 138 valence electrons. The summed E-state index contributed by atoms with van der Waals surface area (Å²) in [7, 11) is 0.